The van der Waals surface area contributed by atoms with Crippen LogP contribution < -0.4 is 5.32 Å². The molecule has 1 atom stereocenters. The number of nitrogens with zero attached hydrogens (tertiary/aromatic N) is 1. The van der Waals surface area contributed by atoms with E-state index in [-0.39, 0.29) is 0 Å². The molecule has 19 heavy (non-hydrogen) atoms. The Bertz CT molecular complexity index is 399. The van der Waals surface area contributed by atoms with Gasteiger partial charge in [0.1, 0.15) is 0 Å². The lowest BCUT2D eigenvalue weighted by Gasteiger charge is -2.40. The molecule has 2 N–H and O–H groups in total. The van der Waals surface area contributed by atoms with Crippen molar-refractivity contribution < 1.29 is 13.5 Å². The number of aliphatic hydroxyl groups is 1. The van der Waals surface area contributed by atoms with E-state index in [1.165, 1.54) is 6.26 Å². The van der Waals surface area contributed by atoms with E-state index in [1.807, 2.05) is 13.8 Å². The summed E-state index contributed by atoms with van der Waals surface area (Å²) >= 11 is 0. The third-order valence-electron chi connectivity index (χ3n) is 4.31. The second kappa shape index (κ2) is 5.68. The Labute approximate surface area is 117 Å². The van der Waals surface area contributed by atoms with Crippen molar-refractivity contribution in [2.24, 2.45) is 5.92 Å². The van der Waals surface area contributed by atoms with Crippen molar-refractivity contribution in [3.05, 3.63) is 0 Å². The van der Waals surface area contributed by atoms with E-state index in [1.54, 1.807) is 18.2 Å². The van der Waals surface area contributed by atoms with Crippen molar-refractivity contribution >= 4 is 10.0 Å². The number of nitrogens with one attached hydrogen (secondary N) is 1. The van der Waals surface area contributed by atoms with E-state index < -0.39 is 21.2 Å². The van der Waals surface area contributed by atoms with Gasteiger partial charge in [-0.3, -0.25) is 0 Å². The Kier molecular flexibility index (Phi) is 5.04. The van der Waals surface area contributed by atoms with E-state index >= 15 is 0 Å². The molecule has 1 aliphatic heterocycles. The van der Waals surface area contributed by atoms with Crippen molar-refractivity contribution in [1.29, 1.82) is 0 Å². The Balaban J connectivity index is 2.55. The smallest absolute Gasteiger partial charge is 0.211 e. The number of piperidine rings is 1. The molecule has 114 valence electrons. The maximum Gasteiger partial charge on any atom is 0.211 e. The number of hydrogen-bond donors (Lipinski definition) is 2. The summed E-state index contributed by atoms with van der Waals surface area (Å²) in [7, 11) is -3.08. The van der Waals surface area contributed by atoms with E-state index in [0.29, 0.717) is 19.0 Å². The molecular formula is C13H28N2O3S. The lowest BCUT2D eigenvalue weighted by Crippen LogP contribution is -2.57. The molecule has 0 saturated carbocycles. The first-order valence-electron chi connectivity index (χ1n) is 6.86. The summed E-state index contributed by atoms with van der Waals surface area (Å²) < 4.78 is 24.7. The molecule has 0 radical (unpaired) electrons. The van der Waals surface area contributed by atoms with Gasteiger partial charge < -0.3 is 10.4 Å². The Morgan fingerprint density at radius 1 is 1.32 bits per heavy atom. The molecule has 0 bridgehead atoms. The molecule has 1 heterocycles. The normalized spacial score (nSPS) is 23.6. The Morgan fingerprint density at radius 2 is 1.89 bits per heavy atom. The van der Waals surface area contributed by atoms with Gasteiger partial charge in [-0.1, -0.05) is 0 Å². The van der Waals surface area contributed by atoms with E-state index in [0.717, 1.165) is 19.4 Å². The van der Waals surface area contributed by atoms with Crippen LogP contribution in [-0.4, -0.2) is 54.9 Å². The molecule has 0 aliphatic carbocycles. The summed E-state index contributed by atoms with van der Waals surface area (Å²) in [5, 5.41) is 13.5. The van der Waals surface area contributed by atoms with Crippen LogP contribution in [0.1, 0.15) is 40.5 Å². The van der Waals surface area contributed by atoms with Crippen molar-refractivity contribution in [2.45, 2.75) is 51.7 Å². The van der Waals surface area contributed by atoms with Gasteiger partial charge in [0.05, 0.1) is 11.9 Å². The third kappa shape index (κ3) is 4.70. The first-order valence-corrected chi connectivity index (χ1v) is 8.71. The molecule has 1 rings (SSSR count). The highest BCUT2D eigenvalue weighted by Gasteiger charge is 2.35. The average molecular weight is 292 g/mol. The molecule has 0 amide bonds. The summed E-state index contributed by atoms with van der Waals surface area (Å²) in [5.74, 6) is 0.310. The quantitative estimate of drug-likeness (QED) is 0.786. The maximum absolute atomic E-state index is 11.6. The number of rotatable bonds is 5. The van der Waals surface area contributed by atoms with Crippen LogP contribution in [0.2, 0.25) is 0 Å². The zero-order valence-electron chi connectivity index (χ0n) is 12.7. The molecule has 6 heteroatoms. The van der Waals surface area contributed by atoms with Crippen LogP contribution in [0.25, 0.3) is 0 Å². The average Bonchev–Trinajstić information content (AvgIpc) is 2.24. The van der Waals surface area contributed by atoms with Crippen LogP contribution in [0.4, 0.5) is 0 Å². The van der Waals surface area contributed by atoms with Gasteiger partial charge in [-0.2, -0.15) is 0 Å². The van der Waals surface area contributed by atoms with Gasteiger partial charge in [-0.15, -0.1) is 0 Å². The summed E-state index contributed by atoms with van der Waals surface area (Å²) in [5.41, 5.74) is -1.22. The van der Waals surface area contributed by atoms with Crippen molar-refractivity contribution in [3.63, 3.8) is 0 Å². The first kappa shape index (κ1) is 16.9. The van der Waals surface area contributed by atoms with Crippen molar-refractivity contribution in [1.82, 2.24) is 9.62 Å². The molecule has 1 fully saturated rings. The highest BCUT2D eigenvalue weighted by Crippen LogP contribution is 2.23. The summed E-state index contributed by atoms with van der Waals surface area (Å²) in [4.78, 5) is 0. The minimum atomic E-state index is -3.08. The summed E-state index contributed by atoms with van der Waals surface area (Å²) in [6.45, 7) is 9.42. The SMILES string of the molecule is CC(C)(O)C(C)(C)NCC1CCCN(S(C)(=O)=O)C1. The largest absolute Gasteiger partial charge is 0.389 e. The molecule has 1 aliphatic rings. The third-order valence-corrected chi connectivity index (χ3v) is 5.58. The van der Waals surface area contributed by atoms with Gasteiger partial charge in [-0.25, -0.2) is 12.7 Å². The number of hydrogen-bond acceptors (Lipinski definition) is 4. The zero-order valence-corrected chi connectivity index (χ0v) is 13.5. The fraction of sp³-hybridized carbons (Fsp3) is 1.00. The minimum Gasteiger partial charge on any atom is -0.389 e. The maximum atomic E-state index is 11.6. The second-order valence-corrected chi connectivity index (χ2v) is 8.68. The van der Waals surface area contributed by atoms with E-state index in [9.17, 15) is 13.5 Å². The summed E-state index contributed by atoms with van der Waals surface area (Å²) in [6, 6.07) is 0. The van der Waals surface area contributed by atoms with Crippen LogP contribution in [0.3, 0.4) is 0 Å². The van der Waals surface area contributed by atoms with Crippen molar-refractivity contribution in [3.8, 4) is 0 Å². The first-order chi connectivity index (χ1) is 8.43. The molecule has 0 aromatic heterocycles. The minimum absolute atomic E-state index is 0.310. The van der Waals surface area contributed by atoms with Crippen LogP contribution in [0.15, 0.2) is 0 Å². The van der Waals surface area contributed by atoms with Gasteiger partial charge in [0.15, 0.2) is 0 Å². The predicted molar refractivity (Wildman–Crippen MR) is 77.5 cm³/mol. The molecular weight excluding hydrogens is 264 g/mol. The van der Waals surface area contributed by atoms with Gasteiger partial charge >= 0.3 is 0 Å². The molecule has 1 saturated heterocycles. The van der Waals surface area contributed by atoms with Crippen molar-refractivity contribution in [2.75, 3.05) is 25.9 Å². The van der Waals surface area contributed by atoms with E-state index in [2.05, 4.69) is 5.32 Å². The highest BCUT2D eigenvalue weighted by atomic mass is 32.2. The topological polar surface area (TPSA) is 69.6 Å². The molecule has 0 aromatic rings. The van der Waals surface area contributed by atoms with Gasteiger partial charge in [0.2, 0.25) is 10.0 Å². The Morgan fingerprint density at radius 3 is 2.37 bits per heavy atom. The lowest BCUT2D eigenvalue weighted by molar-refractivity contribution is -0.00698. The van der Waals surface area contributed by atoms with E-state index in [4.69, 9.17) is 0 Å². The highest BCUT2D eigenvalue weighted by molar-refractivity contribution is 7.88. The van der Waals surface area contributed by atoms with Crippen LogP contribution in [0, 0.1) is 5.92 Å². The number of sulfonamides is 1. The second-order valence-electron chi connectivity index (χ2n) is 6.69. The monoisotopic (exact) mass is 292 g/mol. The van der Waals surface area contributed by atoms with Crippen LogP contribution in [-0.2, 0) is 10.0 Å². The van der Waals surface area contributed by atoms with Gasteiger partial charge in [0, 0.05) is 18.6 Å². The fourth-order valence-electron chi connectivity index (χ4n) is 2.11. The lowest BCUT2D eigenvalue weighted by atomic mass is 9.85. The van der Waals surface area contributed by atoms with Gasteiger partial charge in [-0.05, 0) is 53.0 Å². The molecule has 5 nitrogen and oxygen atoms in total. The Hall–Kier alpha value is -0.170. The van der Waals surface area contributed by atoms with Crippen LogP contribution >= 0.6 is 0 Å². The zero-order chi connectivity index (χ0) is 14.9. The molecule has 0 spiro atoms. The van der Waals surface area contributed by atoms with Gasteiger partial charge in [0.25, 0.3) is 0 Å². The summed E-state index contributed by atoms with van der Waals surface area (Å²) in [6.07, 6.45) is 3.20. The predicted octanol–water partition coefficient (Wildman–Crippen LogP) is 0.797. The standard InChI is InChI=1S/C13H28N2O3S/c1-12(2,13(3,4)16)14-9-11-7-6-8-15(10-11)19(5,17)18/h11,14,16H,6-10H2,1-5H3. The van der Waals surface area contributed by atoms with Crippen LogP contribution in [0.5, 0.6) is 0 Å². The molecule has 0 aromatic carbocycles. The molecule has 1 unspecified atom stereocenters. The fourth-order valence-corrected chi connectivity index (χ4v) is 3.05.